The molecule has 1 aliphatic heterocycles. The van der Waals surface area contributed by atoms with Crippen LogP contribution in [0.15, 0.2) is 48.8 Å². The maximum Gasteiger partial charge on any atom is 0.161 e. The number of halogens is 1. The van der Waals surface area contributed by atoms with E-state index in [-0.39, 0.29) is 5.82 Å². The molecule has 0 atom stereocenters. The number of aromatic nitrogens is 2. The highest BCUT2D eigenvalue weighted by molar-refractivity contribution is 5.60. The minimum atomic E-state index is -0.324. The van der Waals surface area contributed by atoms with E-state index in [1.165, 1.54) is 23.5 Å². The van der Waals surface area contributed by atoms with Crippen molar-refractivity contribution in [2.45, 2.75) is 13.0 Å². The lowest BCUT2D eigenvalue weighted by molar-refractivity contribution is 0.353. The smallest absolute Gasteiger partial charge is 0.161 e. The number of hydrogen-bond donors (Lipinski definition) is 1. The second-order valence-electron chi connectivity index (χ2n) is 6.51. The Bertz CT molecular complexity index is 996. The molecule has 1 aromatic heterocycles. The Morgan fingerprint density at radius 2 is 1.75 bits per heavy atom. The van der Waals surface area contributed by atoms with Gasteiger partial charge < -0.3 is 19.7 Å². The molecule has 0 spiro atoms. The molecule has 0 radical (unpaired) electrons. The lowest BCUT2D eigenvalue weighted by Gasteiger charge is -2.30. The van der Waals surface area contributed by atoms with Crippen molar-refractivity contribution < 1.29 is 13.9 Å². The summed E-state index contributed by atoms with van der Waals surface area (Å²) in [7, 11) is 3.28. The van der Waals surface area contributed by atoms with Gasteiger partial charge >= 0.3 is 0 Å². The van der Waals surface area contributed by atoms with E-state index in [0.29, 0.717) is 23.8 Å². The fourth-order valence-corrected chi connectivity index (χ4v) is 3.37. The number of fused-ring (bicyclic) bond motifs is 1. The zero-order valence-corrected chi connectivity index (χ0v) is 15.8. The van der Waals surface area contributed by atoms with Crippen molar-refractivity contribution in [1.29, 1.82) is 0 Å². The zero-order chi connectivity index (χ0) is 19.5. The van der Waals surface area contributed by atoms with Gasteiger partial charge in [-0.1, -0.05) is 12.1 Å². The fourth-order valence-electron chi connectivity index (χ4n) is 3.37. The third-order valence-electron chi connectivity index (χ3n) is 4.83. The Kier molecular flexibility index (Phi) is 4.97. The molecule has 0 bridgehead atoms. The average Bonchev–Trinajstić information content (AvgIpc) is 2.74. The van der Waals surface area contributed by atoms with Gasteiger partial charge in [-0.2, -0.15) is 0 Å². The molecule has 2 heterocycles. The van der Waals surface area contributed by atoms with Crippen molar-refractivity contribution >= 4 is 17.3 Å². The minimum Gasteiger partial charge on any atom is -0.493 e. The van der Waals surface area contributed by atoms with Crippen LogP contribution in [-0.4, -0.2) is 30.7 Å². The maximum atomic E-state index is 13.9. The first kappa shape index (κ1) is 18.0. The number of ether oxygens (including phenoxy) is 2. The van der Waals surface area contributed by atoms with E-state index in [0.717, 1.165) is 24.5 Å². The molecular weight excluding hydrogens is 359 g/mol. The molecular formula is C21H21FN4O2. The number of anilines is 3. The molecule has 0 unspecified atom stereocenters. The second kappa shape index (κ2) is 7.72. The first-order valence-corrected chi connectivity index (χ1v) is 9.00. The van der Waals surface area contributed by atoms with Gasteiger partial charge in [0.05, 0.1) is 19.9 Å². The van der Waals surface area contributed by atoms with Gasteiger partial charge in [0, 0.05) is 19.2 Å². The summed E-state index contributed by atoms with van der Waals surface area (Å²) in [6, 6.07) is 12.4. The van der Waals surface area contributed by atoms with Crippen LogP contribution in [0.1, 0.15) is 11.1 Å². The van der Waals surface area contributed by atoms with E-state index in [1.54, 1.807) is 32.4 Å². The highest BCUT2D eigenvalue weighted by Gasteiger charge is 2.21. The van der Waals surface area contributed by atoms with Crippen LogP contribution in [0.5, 0.6) is 11.5 Å². The molecule has 6 nitrogen and oxygen atoms in total. The normalized spacial score (nSPS) is 13.0. The zero-order valence-electron chi connectivity index (χ0n) is 15.8. The molecule has 0 saturated heterocycles. The summed E-state index contributed by atoms with van der Waals surface area (Å²) in [6.07, 6.45) is 2.36. The van der Waals surface area contributed by atoms with Crippen LogP contribution >= 0.6 is 0 Å². The van der Waals surface area contributed by atoms with Crippen molar-refractivity contribution in [3.63, 3.8) is 0 Å². The minimum absolute atomic E-state index is 0.324. The van der Waals surface area contributed by atoms with E-state index in [1.807, 2.05) is 18.2 Å². The van der Waals surface area contributed by atoms with E-state index in [2.05, 4.69) is 20.2 Å². The van der Waals surface area contributed by atoms with Gasteiger partial charge in [0.1, 0.15) is 23.8 Å². The summed E-state index contributed by atoms with van der Waals surface area (Å²) in [4.78, 5) is 10.8. The maximum absolute atomic E-state index is 13.9. The monoisotopic (exact) mass is 380 g/mol. The second-order valence-corrected chi connectivity index (χ2v) is 6.51. The van der Waals surface area contributed by atoms with Crippen LogP contribution in [0.25, 0.3) is 0 Å². The molecule has 1 N–H and O–H groups in total. The van der Waals surface area contributed by atoms with E-state index in [4.69, 9.17) is 9.47 Å². The van der Waals surface area contributed by atoms with Crippen LogP contribution in [0, 0.1) is 5.82 Å². The third kappa shape index (κ3) is 3.55. The predicted octanol–water partition coefficient (Wildman–Crippen LogP) is 3.94. The van der Waals surface area contributed by atoms with Gasteiger partial charge in [-0.3, -0.25) is 0 Å². The van der Waals surface area contributed by atoms with Crippen molar-refractivity contribution in [3.05, 3.63) is 65.7 Å². The molecule has 4 rings (SSSR count). The Morgan fingerprint density at radius 3 is 2.50 bits per heavy atom. The number of hydrogen-bond acceptors (Lipinski definition) is 6. The first-order chi connectivity index (χ1) is 13.7. The van der Waals surface area contributed by atoms with Crippen LogP contribution < -0.4 is 19.7 Å². The molecule has 0 fully saturated rings. The van der Waals surface area contributed by atoms with Gasteiger partial charge in [0.2, 0.25) is 0 Å². The van der Waals surface area contributed by atoms with Gasteiger partial charge in [0.25, 0.3) is 0 Å². The number of para-hydroxylation sites is 1. The summed E-state index contributed by atoms with van der Waals surface area (Å²) in [5, 5.41) is 3.01. The quantitative estimate of drug-likeness (QED) is 0.724. The molecule has 0 saturated carbocycles. The van der Waals surface area contributed by atoms with Gasteiger partial charge in [0.15, 0.2) is 11.5 Å². The summed E-state index contributed by atoms with van der Waals surface area (Å²) < 4.78 is 24.7. The Labute approximate surface area is 163 Å². The SMILES string of the molecule is COc1cc2c(cc1OC)CN(c1cc(Nc3ccccc3F)ncn1)CC2. The highest BCUT2D eigenvalue weighted by Crippen LogP contribution is 2.34. The van der Waals surface area contributed by atoms with Crippen molar-refractivity contribution in [1.82, 2.24) is 9.97 Å². The molecule has 144 valence electrons. The molecule has 1 aliphatic rings. The Morgan fingerprint density at radius 1 is 1.00 bits per heavy atom. The molecule has 28 heavy (non-hydrogen) atoms. The largest absolute Gasteiger partial charge is 0.493 e. The predicted molar refractivity (Wildman–Crippen MR) is 106 cm³/mol. The van der Waals surface area contributed by atoms with Gasteiger partial charge in [-0.15, -0.1) is 0 Å². The highest BCUT2D eigenvalue weighted by atomic mass is 19.1. The Balaban J connectivity index is 1.57. The summed E-state index contributed by atoms with van der Waals surface area (Å²) in [6.45, 7) is 1.52. The summed E-state index contributed by atoms with van der Waals surface area (Å²) in [5.74, 6) is 2.47. The van der Waals surface area contributed by atoms with Gasteiger partial charge in [-0.25, -0.2) is 14.4 Å². The topological polar surface area (TPSA) is 59.5 Å². The van der Waals surface area contributed by atoms with Crippen molar-refractivity contribution in [2.75, 3.05) is 31.0 Å². The fraction of sp³-hybridized carbons (Fsp3) is 0.238. The number of nitrogens with one attached hydrogen (secondary N) is 1. The number of benzene rings is 2. The van der Waals surface area contributed by atoms with Crippen LogP contribution in [0.4, 0.5) is 21.7 Å². The number of rotatable bonds is 5. The molecule has 2 aromatic carbocycles. The van der Waals surface area contributed by atoms with Gasteiger partial charge in [-0.05, 0) is 41.8 Å². The lowest BCUT2D eigenvalue weighted by atomic mass is 9.99. The van der Waals surface area contributed by atoms with Crippen molar-refractivity contribution in [3.8, 4) is 11.5 Å². The Hall–Kier alpha value is -3.35. The lowest BCUT2D eigenvalue weighted by Crippen LogP contribution is -2.31. The average molecular weight is 380 g/mol. The van der Waals surface area contributed by atoms with E-state index in [9.17, 15) is 4.39 Å². The summed E-state index contributed by atoms with van der Waals surface area (Å²) in [5.41, 5.74) is 2.80. The van der Waals surface area contributed by atoms with Crippen LogP contribution in [0.2, 0.25) is 0 Å². The molecule has 3 aromatic rings. The van der Waals surface area contributed by atoms with Crippen molar-refractivity contribution in [2.24, 2.45) is 0 Å². The molecule has 0 aliphatic carbocycles. The first-order valence-electron chi connectivity index (χ1n) is 9.00. The summed E-state index contributed by atoms with van der Waals surface area (Å²) >= 11 is 0. The van der Waals surface area contributed by atoms with E-state index < -0.39 is 0 Å². The number of nitrogens with zero attached hydrogens (tertiary/aromatic N) is 3. The number of methoxy groups -OCH3 is 2. The van der Waals surface area contributed by atoms with Crippen LogP contribution in [-0.2, 0) is 13.0 Å². The van der Waals surface area contributed by atoms with Crippen LogP contribution in [0.3, 0.4) is 0 Å². The molecule has 0 amide bonds. The standard InChI is InChI=1S/C21H21FN4O2/c1-27-18-9-14-7-8-26(12-15(14)10-19(18)28-2)21-11-20(23-13-24-21)25-17-6-4-3-5-16(17)22/h3-6,9-11,13H,7-8,12H2,1-2H3,(H,23,24,25). The van der Waals surface area contributed by atoms with E-state index >= 15 is 0 Å². The third-order valence-corrected chi connectivity index (χ3v) is 4.83. The molecule has 7 heteroatoms.